The molecule has 3 nitrogen and oxygen atoms in total. The topological polar surface area (TPSA) is 27.1 Å². The third-order valence-corrected chi connectivity index (χ3v) is 2.99. The highest BCUT2D eigenvalue weighted by molar-refractivity contribution is 5.10. The Morgan fingerprint density at radius 2 is 2.36 bits per heavy atom. The Morgan fingerprint density at radius 1 is 1.64 bits per heavy atom. The van der Waals surface area contributed by atoms with E-state index < -0.39 is 0 Å². The van der Waals surface area contributed by atoms with Crippen LogP contribution in [0.25, 0.3) is 0 Å². The van der Waals surface area contributed by atoms with Crippen molar-refractivity contribution >= 4 is 0 Å². The fourth-order valence-corrected chi connectivity index (χ4v) is 1.37. The number of nitrogens with zero attached hydrogens (tertiary/aromatic N) is 2. The van der Waals surface area contributed by atoms with Crippen LogP contribution in [-0.2, 0) is 5.54 Å². The average molecular weight is 194 g/mol. The van der Waals surface area contributed by atoms with Gasteiger partial charge in [0, 0.05) is 12.3 Å². The molecule has 0 unspecified atom stereocenters. The zero-order chi connectivity index (χ0) is 10.2. The van der Waals surface area contributed by atoms with Crippen molar-refractivity contribution in [2.75, 3.05) is 0 Å². The molecule has 0 aliphatic heterocycles. The van der Waals surface area contributed by atoms with Crippen LogP contribution in [0.3, 0.4) is 0 Å². The van der Waals surface area contributed by atoms with E-state index in [1.54, 1.807) is 0 Å². The molecule has 0 spiro atoms. The molecule has 0 bridgehead atoms. The van der Waals surface area contributed by atoms with Gasteiger partial charge >= 0.3 is 0 Å². The van der Waals surface area contributed by atoms with E-state index in [0.29, 0.717) is 0 Å². The van der Waals surface area contributed by atoms with Crippen molar-refractivity contribution in [2.24, 2.45) is 0 Å². The third-order valence-electron chi connectivity index (χ3n) is 2.99. The van der Waals surface area contributed by atoms with Gasteiger partial charge in [0.05, 0.1) is 11.6 Å². The van der Waals surface area contributed by atoms with Crippen LogP contribution in [0, 0.1) is 0 Å². The van der Waals surface area contributed by atoms with Crippen LogP contribution in [0.1, 0.15) is 40.0 Å². The van der Waals surface area contributed by atoms with Crippen LogP contribution >= 0.6 is 0 Å². The SMILES string of the molecule is CC[C@@H](C)Oc1ccn(C2(C)CC2)n1. The first kappa shape index (κ1) is 9.56. The molecule has 1 aliphatic rings. The molecule has 0 saturated heterocycles. The first-order valence-electron chi connectivity index (χ1n) is 5.37. The van der Waals surface area contributed by atoms with E-state index >= 15 is 0 Å². The van der Waals surface area contributed by atoms with Crippen LogP contribution in [-0.4, -0.2) is 15.9 Å². The first-order chi connectivity index (χ1) is 6.64. The lowest BCUT2D eigenvalue weighted by Gasteiger charge is -2.10. The molecule has 0 radical (unpaired) electrons. The second-order valence-corrected chi connectivity index (χ2v) is 4.43. The Balaban J connectivity index is 2.03. The molecule has 1 aromatic heterocycles. The monoisotopic (exact) mass is 194 g/mol. The molecule has 1 saturated carbocycles. The van der Waals surface area contributed by atoms with Crippen molar-refractivity contribution in [1.29, 1.82) is 0 Å². The maximum absolute atomic E-state index is 5.64. The molecule has 3 heteroatoms. The van der Waals surface area contributed by atoms with Gasteiger partial charge in [0.1, 0.15) is 0 Å². The Hall–Kier alpha value is -0.990. The molecule has 1 fully saturated rings. The number of rotatable bonds is 4. The Kier molecular flexibility index (Phi) is 2.25. The summed E-state index contributed by atoms with van der Waals surface area (Å²) in [5.74, 6) is 0.757. The minimum absolute atomic E-state index is 0.255. The van der Waals surface area contributed by atoms with Gasteiger partial charge < -0.3 is 4.74 Å². The standard InChI is InChI=1S/C11H18N2O/c1-4-9(2)14-10-5-8-13(12-10)11(3)6-7-11/h5,8-9H,4,6-7H2,1-3H3/t9-/m1/s1. The Morgan fingerprint density at radius 3 is 2.93 bits per heavy atom. The lowest BCUT2D eigenvalue weighted by Crippen LogP contribution is -2.14. The highest BCUT2D eigenvalue weighted by Crippen LogP contribution is 2.42. The molecule has 78 valence electrons. The smallest absolute Gasteiger partial charge is 0.232 e. The molecule has 1 aromatic rings. The molecule has 14 heavy (non-hydrogen) atoms. The van der Waals surface area contributed by atoms with E-state index in [9.17, 15) is 0 Å². The Bertz CT molecular complexity index is 315. The highest BCUT2D eigenvalue weighted by atomic mass is 16.5. The van der Waals surface area contributed by atoms with Crippen molar-refractivity contribution in [3.05, 3.63) is 12.3 Å². The van der Waals surface area contributed by atoms with Gasteiger partial charge in [-0.05, 0) is 33.1 Å². The third kappa shape index (κ3) is 1.76. The summed E-state index contributed by atoms with van der Waals surface area (Å²) in [7, 11) is 0. The summed E-state index contributed by atoms with van der Waals surface area (Å²) in [6.45, 7) is 6.41. The van der Waals surface area contributed by atoms with Crippen molar-refractivity contribution in [3.63, 3.8) is 0 Å². The minimum Gasteiger partial charge on any atom is -0.474 e. The van der Waals surface area contributed by atoms with E-state index in [2.05, 4.69) is 25.9 Å². The summed E-state index contributed by atoms with van der Waals surface area (Å²) >= 11 is 0. The maximum atomic E-state index is 5.64. The summed E-state index contributed by atoms with van der Waals surface area (Å²) in [5, 5.41) is 4.43. The predicted molar refractivity (Wildman–Crippen MR) is 55.5 cm³/mol. The molecule has 0 N–H and O–H groups in total. The largest absolute Gasteiger partial charge is 0.474 e. The van der Waals surface area contributed by atoms with Crippen LogP contribution in [0.4, 0.5) is 0 Å². The molecule has 1 aliphatic carbocycles. The van der Waals surface area contributed by atoms with Gasteiger partial charge in [0.25, 0.3) is 0 Å². The molecule has 0 amide bonds. The predicted octanol–water partition coefficient (Wildman–Crippen LogP) is 2.57. The quantitative estimate of drug-likeness (QED) is 0.736. The molecule has 2 rings (SSSR count). The zero-order valence-electron chi connectivity index (χ0n) is 9.16. The lowest BCUT2D eigenvalue weighted by atomic mass is 10.3. The second-order valence-electron chi connectivity index (χ2n) is 4.43. The molecule has 1 atom stereocenters. The number of aromatic nitrogens is 2. The summed E-state index contributed by atoms with van der Waals surface area (Å²) in [4.78, 5) is 0. The number of hydrogen-bond donors (Lipinski definition) is 0. The first-order valence-corrected chi connectivity index (χ1v) is 5.37. The summed E-state index contributed by atoms with van der Waals surface area (Å²) < 4.78 is 7.67. The van der Waals surface area contributed by atoms with Crippen molar-refractivity contribution in [1.82, 2.24) is 9.78 Å². The number of ether oxygens (including phenoxy) is 1. The van der Waals surface area contributed by atoms with Crippen molar-refractivity contribution in [3.8, 4) is 5.88 Å². The fourth-order valence-electron chi connectivity index (χ4n) is 1.37. The molecular formula is C11H18N2O. The van der Waals surface area contributed by atoms with E-state index in [0.717, 1.165) is 12.3 Å². The van der Waals surface area contributed by atoms with Gasteiger partial charge in [-0.15, -0.1) is 5.10 Å². The summed E-state index contributed by atoms with van der Waals surface area (Å²) in [6.07, 6.45) is 5.76. The number of hydrogen-bond acceptors (Lipinski definition) is 2. The van der Waals surface area contributed by atoms with Crippen LogP contribution < -0.4 is 4.74 Å². The normalized spacial score (nSPS) is 20.5. The van der Waals surface area contributed by atoms with Crippen LogP contribution in [0.2, 0.25) is 0 Å². The van der Waals surface area contributed by atoms with Crippen molar-refractivity contribution < 1.29 is 4.74 Å². The van der Waals surface area contributed by atoms with Gasteiger partial charge in [-0.25, -0.2) is 0 Å². The van der Waals surface area contributed by atoms with Crippen LogP contribution in [0.15, 0.2) is 12.3 Å². The average Bonchev–Trinajstić information content (AvgIpc) is 2.75. The fraction of sp³-hybridized carbons (Fsp3) is 0.727. The lowest BCUT2D eigenvalue weighted by molar-refractivity contribution is 0.205. The second kappa shape index (κ2) is 3.30. The maximum Gasteiger partial charge on any atom is 0.232 e. The van der Waals surface area contributed by atoms with Gasteiger partial charge in [-0.1, -0.05) is 6.92 Å². The molecule has 1 heterocycles. The van der Waals surface area contributed by atoms with E-state index in [1.165, 1.54) is 12.8 Å². The minimum atomic E-state index is 0.255. The van der Waals surface area contributed by atoms with Gasteiger partial charge in [-0.2, -0.15) is 0 Å². The molecule has 0 aromatic carbocycles. The van der Waals surface area contributed by atoms with E-state index in [1.807, 2.05) is 16.9 Å². The zero-order valence-corrected chi connectivity index (χ0v) is 9.16. The Labute approximate surface area is 85.1 Å². The van der Waals surface area contributed by atoms with Crippen molar-refractivity contribution in [2.45, 2.75) is 51.7 Å². The van der Waals surface area contributed by atoms with Crippen LogP contribution in [0.5, 0.6) is 5.88 Å². The molecular weight excluding hydrogens is 176 g/mol. The van der Waals surface area contributed by atoms with E-state index in [4.69, 9.17) is 4.74 Å². The summed E-state index contributed by atoms with van der Waals surface area (Å²) in [5.41, 5.74) is 0.275. The van der Waals surface area contributed by atoms with Gasteiger partial charge in [-0.3, -0.25) is 4.68 Å². The van der Waals surface area contributed by atoms with Gasteiger partial charge in [0.15, 0.2) is 0 Å². The van der Waals surface area contributed by atoms with Gasteiger partial charge in [0.2, 0.25) is 5.88 Å². The summed E-state index contributed by atoms with van der Waals surface area (Å²) in [6, 6.07) is 1.95. The highest BCUT2D eigenvalue weighted by Gasteiger charge is 2.40. The van der Waals surface area contributed by atoms with E-state index in [-0.39, 0.29) is 11.6 Å².